The first-order valence-electron chi connectivity index (χ1n) is 11.6. The van der Waals surface area contributed by atoms with E-state index in [2.05, 4.69) is 55.7 Å². The summed E-state index contributed by atoms with van der Waals surface area (Å²) in [7, 11) is 0. The molecular formula is C26H30ClN5O3. The molecule has 0 saturated carbocycles. The van der Waals surface area contributed by atoms with Gasteiger partial charge in [-0.3, -0.25) is 19.5 Å². The van der Waals surface area contributed by atoms with Gasteiger partial charge in [0.1, 0.15) is 5.75 Å². The van der Waals surface area contributed by atoms with Crippen molar-refractivity contribution >= 4 is 46.5 Å². The number of hydrogen-bond donors (Lipinski definition) is 2. The SMILES string of the molecule is CC(=O)NC(CN1CCN(c2cccc3nc(C)ccc23)CC1)c1ccc2c(c1)NC(=O)CO2.Cl. The van der Waals surface area contributed by atoms with Crippen LogP contribution in [-0.2, 0) is 9.59 Å². The predicted octanol–water partition coefficient (Wildman–Crippen LogP) is 3.30. The number of aromatic nitrogens is 1. The van der Waals surface area contributed by atoms with Gasteiger partial charge in [-0.15, -0.1) is 12.4 Å². The molecule has 1 saturated heterocycles. The number of pyridine rings is 1. The monoisotopic (exact) mass is 495 g/mol. The Morgan fingerprint density at radius 1 is 1.14 bits per heavy atom. The number of nitrogens with one attached hydrogen (secondary N) is 2. The van der Waals surface area contributed by atoms with Gasteiger partial charge in [0.15, 0.2) is 6.61 Å². The maximum atomic E-state index is 12.0. The van der Waals surface area contributed by atoms with Gasteiger partial charge in [-0.1, -0.05) is 12.1 Å². The van der Waals surface area contributed by atoms with Crippen molar-refractivity contribution in [1.29, 1.82) is 0 Å². The maximum absolute atomic E-state index is 12.0. The van der Waals surface area contributed by atoms with E-state index in [1.165, 1.54) is 18.0 Å². The Balaban J connectivity index is 0.00000289. The number of piperazine rings is 1. The number of fused-ring (bicyclic) bond motifs is 2. The molecule has 2 amide bonds. The molecular weight excluding hydrogens is 466 g/mol. The number of hydrogen-bond acceptors (Lipinski definition) is 6. The van der Waals surface area contributed by atoms with Crippen LogP contribution in [0.25, 0.3) is 10.9 Å². The van der Waals surface area contributed by atoms with E-state index in [1.807, 2.05) is 25.1 Å². The highest BCUT2D eigenvalue weighted by molar-refractivity contribution is 5.95. The highest BCUT2D eigenvalue weighted by Gasteiger charge is 2.24. The molecule has 2 aliphatic heterocycles. The topological polar surface area (TPSA) is 86.8 Å². The molecule has 1 atom stereocenters. The maximum Gasteiger partial charge on any atom is 0.262 e. The zero-order valence-electron chi connectivity index (χ0n) is 19.9. The number of ether oxygens (including phenoxy) is 1. The normalized spacial score (nSPS) is 16.5. The number of rotatable bonds is 5. The fourth-order valence-corrected chi connectivity index (χ4v) is 4.74. The van der Waals surface area contributed by atoms with E-state index < -0.39 is 0 Å². The van der Waals surface area contributed by atoms with Gasteiger partial charge in [-0.2, -0.15) is 0 Å². The quantitative estimate of drug-likeness (QED) is 0.565. The van der Waals surface area contributed by atoms with E-state index in [9.17, 15) is 9.59 Å². The second-order valence-corrected chi connectivity index (χ2v) is 8.93. The van der Waals surface area contributed by atoms with E-state index in [4.69, 9.17) is 4.74 Å². The Bertz CT molecular complexity index is 1240. The van der Waals surface area contributed by atoms with Crippen LogP contribution in [0.4, 0.5) is 11.4 Å². The fourth-order valence-electron chi connectivity index (χ4n) is 4.74. The molecule has 0 radical (unpaired) electrons. The van der Waals surface area contributed by atoms with Gasteiger partial charge >= 0.3 is 0 Å². The van der Waals surface area contributed by atoms with Crippen molar-refractivity contribution in [3.05, 3.63) is 59.8 Å². The molecule has 9 heteroatoms. The average molecular weight is 496 g/mol. The molecule has 2 N–H and O–H groups in total. The Hall–Kier alpha value is -3.36. The van der Waals surface area contributed by atoms with Gasteiger partial charge in [0.25, 0.3) is 5.91 Å². The summed E-state index contributed by atoms with van der Waals surface area (Å²) >= 11 is 0. The first-order chi connectivity index (χ1) is 16.5. The van der Waals surface area contributed by atoms with Gasteiger partial charge in [-0.25, -0.2) is 0 Å². The van der Waals surface area contributed by atoms with Crippen molar-refractivity contribution in [1.82, 2.24) is 15.2 Å². The van der Waals surface area contributed by atoms with E-state index in [-0.39, 0.29) is 36.9 Å². The molecule has 0 aliphatic carbocycles. The molecule has 3 heterocycles. The summed E-state index contributed by atoms with van der Waals surface area (Å²) in [4.78, 5) is 33.1. The Labute approximate surface area is 211 Å². The van der Waals surface area contributed by atoms with Gasteiger partial charge in [-0.05, 0) is 48.9 Å². The molecule has 1 unspecified atom stereocenters. The van der Waals surface area contributed by atoms with E-state index in [0.29, 0.717) is 18.0 Å². The third-order valence-corrected chi connectivity index (χ3v) is 6.42. The predicted molar refractivity (Wildman–Crippen MR) is 140 cm³/mol. The van der Waals surface area contributed by atoms with Gasteiger partial charge in [0, 0.05) is 56.4 Å². The number of anilines is 2. The number of benzene rings is 2. The highest BCUT2D eigenvalue weighted by Crippen LogP contribution is 2.31. The van der Waals surface area contributed by atoms with Crippen molar-refractivity contribution in [2.45, 2.75) is 19.9 Å². The van der Waals surface area contributed by atoms with Crippen molar-refractivity contribution in [2.75, 3.05) is 49.5 Å². The fraction of sp³-hybridized carbons (Fsp3) is 0.346. The number of carbonyl (C=O) groups excluding carboxylic acids is 2. The van der Waals surface area contributed by atoms with Gasteiger partial charge < -0.3 is 20.3 Å². The van der Waals surface area contributed by atoms with Crippen LogP contribution in [0.3, 0.4) is 0 Å². The van der Waals surface area contributed by atoms with Crippen LogP contribution in [-0.4, -0.2) is 61.0 Å². The van der Waals surface area contributed by atoms with E-state index in [0.717, 1.165) is 43.0 Å². The molecule has 2 aromatic carbocycles. The van der Waals surface area contributed by atoms with Crippen LogP contribution >= 0.6 is 12.4 Å². The zero-order chi connectivity index (χ0) is 23.7. The molecule has 1 fully saturated rings. The van der Waals surface area contributed by atoms with Crippen molar-refractivity contribution in [3.63, 3.8) is 0 Å². The summed E-state index contributed by atoms with van der Waals surface area (Å²) in [5.74, 6) is 0.397. The highest BCUT2D eigenvalue weighted by atomic mass is 35.5. The molecule has 5 rings (SSSR count). The molecule has 35 heavy (non-hydrogen) atoms. The molecule has 0 spiro atoms. The first-order valence-corrected chi connectivity index (χ1v) is 11.6. The van der Waals surface area contributed by atoms with Crippen molar-refractivity contribution in [2.24, 2.45) is 0 Å². The summed E-state index contributed by atoms with van der Waals surface area (Å²) in [6, 6.07) is 16.0. The molecule has 8 nitrogen and oxygen atoms in total. The van der Waals surface area contributed by atoms with E-state index in [1.54, 1.807) is 0 Å². The number of amides is 2. The smallest absolute Gasteiger partial charge is 0.262 e. The van der Waals surface area contributed by atoms with Crippen LogP contribution in [0.2, 0.25) is 0 Å². The third kappa shape index (κ3) is 5.49. The zero-order valence-corrected chi connectivity index (χ0v) is 20.7. The minimum Gasteiger partial charge on any atom is -0.482 e. The number of aryl methyl sites for hydroxylation is 1. The average Bonchev–Trinajstić information content (AvgIpc) is 2.83. The number of nitrogens with zero attached hydrogens (tertiary/aromatic N) is 3. The Morgan fingerprint density at radius 2 is 1.94 bits per heavy atom. The largest absolute Gasteiger partial charge is 0.482 e. The minimum absolute atomic E-state index is 0. The summed E-state index contributed by atoms with van der Waals surface area (Å²) in [5.41, 5.74) is 4.85. The lowest BCUT2D eigenvalue weighted by Crippen LogP contribution is -2.49. The molecule has 1 aromatic heterocycles. The lowest BCUT2D eigenvalue weighted by molar-refractivity contribution is -0.120. The minimum atomic E-state index is -0.182. The second kappa shape index (κ2) is 10.5. The van der Waals surface area contributed by atoms with Crippen LogP contribution in [0.1, 0.15) is 24.2 Å². The molecule has 2 aliphatic rings. The first kappa shape index (κ1) is 24.8. The molecule has 0 bridgehead atoms. The van der Waals surface area contributed by atoms with Crippen LogP contribution in [0, 0.1) is 6.92 Å². The Kier molecular flexibility index (Phi) is 7.42. The standard InChI is InChI=1S/C26H29N5O3.ClH/c1-17-6-8-20-21(27-17)4-3-5-24(20)31-12-10-30(11-13-31)15-23(28-18(2)32)19-7-9-25-22(14-19)29-26(33)16-34-25;/h3-9,14,23H,10-13,15-16H2,1-2H3,(H,28,32)(H,29,33);1H. The lowest BCUT2D eigenvalue weighted by atomic mass is 10.0. The summed E-state index contributed by atoms with van der Waals surface area (Å²) in [5, 5.41) is 7.11. The van der Waals surface area contributed by atoms with Crippen molar-refractivity contribution < 1.29 is 14.3 Å². The summed E-state index contributed by atoms with van der Waals surface area (Å²) < 4.78 is 5.47. The van der Waals surface area contributed by atoms with Crippen molar-refractivity contribution in [3.8, 4) is 5.75 Å². The summed E-state index contributed by atoms with van der Waals surface area (Å²) in [6.45, 7) is 7.83. The number of carbonyl (C=O) groups is 2. The molecule has 184 valence electrons. The van der Waals surface area contributed by atoms with Crippen LogP contribution in [0.5, 0.6) is 5.75 Å². The van der Waals surface area contributed by atoms with Gasteiger partial charge in [0.2, 0.25) is 5.91 Å². The van der Waals surface area contributed by atoms with Crippen LogP contribution < -0.4 is 20.3 Å². The van der Waals surface area contributed by atoms with Crippen LogP contribution in [0.15, 0.2) is 48.5 Å². The third-order valence-electron chi connectivity index (χ3n) is 6.42. The second-order valence-electron chi connectivity index (χ2n) is 8.93. The van der Waals surface area contributed by atoms with E-state index >= 15 is 0 Å². The Morgan fingerprint density at radius 3 is 2.71 bits per heavy atom. The number of halogens is 1. The molecule has 3 aromatic rings. The lowest BCUT2D eigenvalue weighted by Gasteiger charge is -2.38. The summed E-state index contributed by atoms with van der Waals surface area (Å²) in [6.07, 6.45) is 0. The van der Waals surface area contributed by atoms with Gasteiger partial charge in [0.05, 0.1) is 17.2 Å².